The summed E-state index contributed by atoms with van der Waals surface area (Å²) < 4.78 is 25.7. The van der Waals surface area contributed by atoms with Gasteiger partial charge in [-0.2, -0.15) is 4.31 Å². The van der Waals surface area contributed by atoms with Gasteiger partial charge in [0.05, 0.1) is 4.92 Å². The molecule has 0 aliphatic carbocycles. The van der Waals surface area contributed by atoms with Crippen molar-refractivity contribution in [3.8, 4) is 0 Å². The van der Waals surface area contributed by atoms with Gasteiger partial charge in [-0.25, -0.2) is 8.42 Å². The quantitative estimate of drug-likeness (QED) is 0.626. The highest BCUT2D eigenvalue weighted by molar-refractivity contribution is 7.89. The number of sulfonamides is 1. The van der Waals surface area contributed by atoms with Gasteiger partial charge in [0.1, 0.15) is 6.04 Å². The van der Waals surface area contributed by atoms with Crippen LogP contribution in [0.25, 0.3) is 0 Å². The summed E-state index contributed by atoms with van der Waals surface area (Å²) in [6.45, 7) is 2.95. The van der Waals surface area contributed by atoms with Crippen LogP contribution in [0, 0.1) is 17.0 Å². The Bertz CT molecular complexity index is 670. The molecule has 1 rings (SSSR count). The number of aliphatic carboxylic acids is 1. The van der Waals surface area contributed by atoms with Gasteiger partial charge in [-0.3, -0.25) is 14.9 Å². The zero-order valence-corrected chi connectivity index (χ0v) is 12.6. The number of carboxylic acids is 1. The minimum atomic E-state index is -4.29. The molecule has 1 aromatic rings. The van der Waals surface area contributed by atoms with E-state index in [1.54, 1.807) is 0 Å². The average molecular weight is 316 g/mol. The molecule has 1 unspecified atom stereocenters. The van der Waals surface area contributed by atoms with Crippen LogP contribution in [0.3, 0.4) is 0 Å². The normalized spacial score (nSPS) is 13.1. The van der Waals surface area contributed by atoms with E-state index < -0.39 is 37.5 Å². The highest BCUT2D eigenvalue weighted by Gasteiger charge is 2.36. The smallest absolute Gasteiger partial charge is 0.321 e. The number of likely N-dealkylation sites (N-methyl/N-ethyl adjacent to an activating group) is 1. The van der Waals surface area contributed by atoms with E-state index in [9.17, 15) is 23.3 Å². The van der Waals surface area contributed by atoms with E-state index in [4.69, 9.17) is 5.11 Å². The molecule has 9 heteroatoms. The zero-order valence-electron chi connectivity index (χ0n) is 11.8. The zero-order chi connectivity index (χ0) is 16.4. The fourth-order valence-electron chi connectivity index (χ4n) is 2.02. The van der Waals surface area contributed by atoms with Gasteiger partial charge >= 0.3 is 5.97 Å². The third-order valence-electron chi connectivity index (χ3n) is 3.14. The van der Waals surface area contributed by atoms with Crippen molar-refractivity contribution < 1.29 is 23.2 Å². The molecule has 1 atom stereocenters. The van der Waals surface area contributed by atoms with Gasteiger partial charge in [0, 0.05) is 13.1 Å². The van der Waals surface area contributed by atoms with Gasteiger partial charge in [-0.15, -0.1) is 0 Å². The number of hydrogen-bond donors (Lipinski definition) is 1. The van der Waals surface area contributed by atoms with Gasteiger partial charge < -0.3 is 5.11 Å². The van der Waals surface area contributed by atoms with Crippen molar-refractivity contribution in [2.24, 2.45) is 0 Å². The second-order valence-corrected chi connectivity index (χ2v) is 6.40. The first-order valence-electron chi connectivity index (χ1n) is 6.09. The Morgan fingerprint density at radius 3 is 2.48 bits per heavy atom. The van der Waals surface area contributed by atoms with Crippen LogP contribution in [-0.2, 0) is 14.8 Å². The molecule has 0 saturated heterocycles. The standard InChI is InChI=1S/C12H16N2O6S/c1-4-9(12(15)16)13(3)21(19,20)11-8(2)6-5-7-10(11)14(17)18/h5-7,9H,4H2,1-3H3,(H,15,16). The Morgan fingerprint density at radius 2 is 2.05 bits per heavy atom. The van der Waals surface area contributed by atoms with E-state index in [0.717, 1.165) is 13.1 Å². The molecule has 0 aromatic heterocycles. The Labute approximate surface area is 122 Å². The van der Waals surface area contributed by atoms with Crippen LogP contribution in [-0.4, -0.2) is 41.8 Å². The van der Waals surface area contributed by atoms with E-state index >= 15 is 0 Å². The third-order valence-corrected chi connectivity index (χ3v) is 5.20. The number of rotatable bonds is 6. The maximum atomic E-state index is 12.5. The molecule has 0 fully saturated rings. The molecule has 0 aliphatic heterocycles. The molecule has 1 aromatic carbocycles. The second-order valence-electron chi connectivity index (χ2n) is 4.46. The first kappa shape index (κ1) is 17.1. The number of aryl methyl sites for hydroxylation is 1. The summed E-state index contributed by atoms with van der Waals surface area (Å²) in [6.07, 6.45) is 0.0464. The highest BCUT2D eigenvalue weighted by atomic mass is 32.2. The highest BCUT2D eigenvalue weighted by Crippen LogP contribution is 2.30. The monoisotopic (exact) mass is 316 g/mol. The molecule has 0 heterocycles. The van der Waals surface area contributed by atoms with E-state index in [-0.39, 0.29) is 12.0 Å². The first-order valence-corrected chi connectivity index (χ1v) is 7.53. The number of hydrogen-bond acceptors (Lipinski definition) is 5. The van der Waals surface area contributed by atoms with Crippen LogP contribution in [0.1, 0.15) is 18.9 Å². The van der Waals surface area contributed by atoms with Crippen LogP contribution in [0.4, 0.5) is 5.69 Å². The second kappa shape index (κ2) is 6.19. The number of nitrogens with zero attached hydrogens (tertiary/aromatic N) is 2. The van der Waals surface area contributed by atoms with Crippen molar-refractivity contribution in [1.29, 1.82) is 0 Å². The predicted octanol–water partition coefficient (Wildman–Crippen LogP) is 1.39. The maximum Gasteiger partial charge on any atom is 0.321 e. The lowest BCUT2D eigenvalue weighted by Crippen LogP contribution is -2.42. The van der Waals surface area contributed by atoms with Gasteiger partial charge in [-0.05, 0) is 18.9 Å². The fraction of sp³-hybridized carbons (Fsp3) is 0.417. The molecule has 21 heavy (non-hydrogen) atoms. The van der Waals surface area contributed by atoms with Crippen molar-refractivity contribution in [3.63, 3.8) is 0 Å². The van der Waals surface area contributed by atoms with E-state index in [1.807, 2.05) is 0 Å². The number of nitro groups is 1. The largest absolute Gasteiger partial charge is 0.480 e. The first-order chi connectivity index (χ1) is 9.64. The average Bonchev–Trinajstić information content (AvgIpc) is 2.38. The summed E-state index contributed by atoms with van der Waals surface area (Å²) in [5, 5.41) is 20.1. The van der Waals surface area contributed by atoms with Gasteiger partial charge in [0.25, 0.3) is 15.7 Å². The number of carboxylic acid groups (broad SMARTS) is 1. The third kappa shape index (κ3) is 3.19. The lowest BCUT2D eigenvalue weighted by molar-refractivity contribution is -0.387. The summed E-state index contributed by atoms with van der Waals surface area (Å²) >= 11 is 0. The fourth-order valence-corrected chi connectivity index (χ4v) is 3.76. The summed E-state index contributed by atoms with van der Waals surface area (Å²) in [5.41, 5.74) is -0.376. The lowest BCUT2D eigenvalue weighted by atomic mass is 10.2. The summed E-state index contributed by atoms with van der Waals surface area (Å²) in [4.78, 5) is 20.9. The number of benzene rings is 1. The van der Waals surface area contributed by atoms with Crippen molar-refractivity contribution in [2.45, 2.75) is 31.2 Å². The van der Waals surface area contributed by atoms with Gasteiger partial charge in [-0.1, -0.05) is 19.1 Å². The number of nitro benzene ring substituents is 1. The minimum absolute atomic E-state index is 0.0464. The molecule has 0 bridgehead atoms. The predicted molar refractivity (Wildman–Crippen MR) is 74.5 cm³/mol. The molecular weight excluding hydrogens is 300 g/mol. The van der Waals surface area contributed by atoms with Crippen molar-refractivity contribution in [1.82, 2.24) is 4.31 Å². The summed E-state index contributed by atoms with van der Waals surface area (Å²) in [7, 11) is -3.19. The summed E-state index contributed by atoms with van der Waals surface area (Å²) in [5.74, 6) is -1.31. The van der Waals surface area contributed by atoms with E-state index in [1.165, 1.54) is 26.0 Å². The molecule has 0 amide bonds. The van der Waals surface area contributed by atoms with Crippen LogP contribution < -0.4 is 0 Å². The van der Waals surface area contributed by atoms with Gasteiger partial charge in [0.15, 0.2) is 4.90 Å². The van der Waals surface area contributed by atoms with Crippen molar-refractivity contribution in [3.05, 3.63) is 33.9 Å². The lowest BCUT2D eigenvalue weighted by Gasteiger charge is -2.23. The van der Waals surface area contributed by atoms with Crippen LogP contribution >= 0.6 is 0 Å². The van der Waals surface area contributed by atoms with Crippen molar-refractivity contribution in [2.75, 3.05) is 7.05 Å². The Kier molecular flexibility index (Phi) is 5.02. The molecule has 0 saturated carbocycles. The molecule has 0 radical (unpaired) electrons. The maximum absolute atomic E-state index is 12.5. The topological polar surface area (TPSA) is 118 Å². The van der Waals surface area contributed by atoms with Crippen LogP contribution in [0.15, 0.2) is 23.1 Å². The molecular formula is C12H16N2O6S. The minimum Gasteiger partial charge on any atom is -0.480 e. The summed E-state index contributed by atoms with van der Waals surface area (Å²) in [6, 6.07) is 2.60. The molecule has 8 nitrogen and oxygen atoms in total. The van der Waals surface area contributed by atoms with Crippen LogP contribution in [0.2, 0.25) is 0 Å². The Balaban J connectivity index is 3.51. The van der Waals surface area contributed by atoms with E-state index in [0.29, 0.717) is 4.31 Å². The molecule has 1 N–H and O–H groups in total. The van der Waals surface area contributed by atoms with E-state index in [2.05, 4.69) is 0 Å². The Morgan fingerprint density at radius 1 is 1.48 bits per heavy atom. The SMILES string of the molecule is CCC(C(=O)O)N(C)S(=O)(=O)c1c(C)cccc1[N+](=O)[O-]. The molecule has 0 aliphatic rings. The number of carbonyl (C=O) groups is 1. The molecule has 116 valence electrons. The Hall–Kier alpha value is -2.00. The molecule has 0 spiro atoms. The van der Waals surface area contributed by atoms with Gasteiger partial charge in [0.2, 0.25) is 0 Å². The van der Waals surface area contributed by atoms with Crippen LogP contribution in [0.5, 0.6) is 0 Å². The van der Waals surface area contributed by atoms with Crippen molar-refractivity contribution >= 4 is 21.7 Å².